The minimum Gasteiger partial charge on any atom is -0.368 e. The molecule has 1 N–H and O–H groups in total. The van der Waals surface area contributed by atoms with Gasteiger partial charge in [-0.25, -0.2) is 4.98 Å². The molecule has 1 unspecified atom stereocenters. The van der Waals surface area contributed by atoms with E-state index in [0.717, 1.165) is 16.7 Å². The Balaban J connectivity index is 2.16. The topological polar surface area (TPSA) is 28.2 Å². The van der Waals surface area contributed by atoms with Gasteiger partial charge in [0.25, 0.3) is 0 Å². The van der Waals surface area contributed by atoms with Crippen molar-refractivity contribution in [2.75, 3.05) is 19.0 Å². The summed E-state index contributed by atoms with van der Waals surface area (Å²) in [6.07, 6.45) is 0. The van der Waals surface area contributed by atoms with E-state index in [9.17, 15) is 0 Å². The van der Waals surface area contributed by atoms with E-state index in [-0.39, 0.29) is 0 Å². The average molecular weight is 340 g/mol. The molecule has 0 aliphatic heterocycles. The first-order valence-corrected chi connectivity index (χ1v) is 7.90. The summed E-state index contributed by atoms with van der Waals surface area (Å²) in [6, 6.07) is 6.85. The Labute approximate surface area is 126 Å². The van der Waals surface area contributed by atoms with Crippen molar-refractivity contribution in [1.29, 1.82) is 0 Å². The minimum absolute atomic E-state index is 0.356. The van der Waals surface area contributed by atoms with Crippen molar-refractivity contribution in [3.8, 4) is 0 Å². The van der Waals surface area contributed by atoms with E-state index in [4.69, 9.17) is 0 Å². The third-order valence-electron chi connectivity index (χ3n) is 3.20. The normalized spacial score (nSPS) is 12.4. The third kappa shape index (κ3) is 3.55. The van der Waals surface area contributed by atoms with E-state index in [0.29, 0.717) is 6.04 Å². The molecule has 1 atom stereocenters. The van der Waals surface area contributed by atoms with Gasteiger partial charge in [0, 0.05) is 22.9 Å². The van der Waals surface area contributed by atoms with E-state index in [1.807, 2.05) is 12.6 Å². The van der Waals surface area contributed by atoms with E-state index >= 15 is 0 Å². The van der Waals surface area contributed by atoms with E-state index in [2.05, 4.69) is 68.7 Å². The molecule has 2 rings (SSSR count). The van der Waals surface area contributed by atoms with Crippen LogP contribution in [0.3, 0.4) is 0 Å². The number of rotatable bonds is 5. The van der Waals surface area contributed by atoms with Crippen LogP contribution in [0.2, 0.25) is 0 Å². The summed E-state index contributed by atoms with van der Waals surface area (Å²) < 4.78 is 1.12. The summed E-state index contributed by atoms with van der Waals surface area (Å²) in [5, 5.41) is 5.34. The van der Waals surface area contributed by atoms with Crippen LogP contribution in [0.4, 0.5) is 5.69 Å². The van der Waals surface area contributed by atoms with Gasteiger partial charge in [-0.2, -0.15) is 0 Å². The van der Waals surface area contributed by atoms with Crippen LogP contribution in [0.1, 0.15) is 24.2 Å². The fraction of sp³-hybridized carbons (Fsp3) is 0.357. The first-order valence-electron chi connectivity index (χ1n) is 6.16. The second kappa shape index (κ2) is 6.50. The molecule has 0 spiro atoms. The van der Waals surface area contributed by atoms with E-state index in [1.165, 1.54) is 11.3 Å². The standard InChI is InChI=1S/C14H18BrN3S/c1-10(16-2)11-4-5-14(13(15)6-11)18(3)7-12-8-19-9-17-12/h4-6,8-10,16H,7H2,1-3H3. The molecule has 2 aromatic rings. The van der Waals surface area contributed by atoms with Gasteiger partial charge < -0.3 is 10.2 Å². The highest BCUT2D eigenvalue weighted by Crippen LogP contribution is 2.29. The smallest absolute Gasteiger partial charge is 0.0795 e. The summed E-state index contributed by atoms with van der Waals surface area (Å²) >= 11 is 5.29. The lowest BCUT2D eigenvalue weighted by Crippen LogP contribution is -2.18. The largest absolute Gasteiger partial charge is 0.368 e. The van der Waals surface area contributed by atoms with Crippen molar-refractivity contribution in [2.45, 2.75) is 19.5 Å². The quantitative estimate of drug-likeness (QED) is 0.897. The maximum Gasteiger partial charge on any atom is 0.0795 e. The first-order chi connectivity index (χ1) is 9.11. The number of nitrogens with one attached hydrogen (secondary N) is 1. The van der Waals surface area contributed by atoms with Crippen LogP contribution < -0.4 is 10.2 Å². The molecule has 102 valence electrons. The Morgan fingerprint density at radius 1 is 1.47 bits per heavy atom. The number of anilines is 1. The van der Waals surface area contributed by atoms with Gasteiger partial charge >= 0.3 is 0 Å². The van der Waals surface area contributed by atoms with Crippen LogP contribution in [-0.4, -0.2) is 19.1 Å². The monoisotopic (exact) mass is 339 g/mol. The Bertz CT molecular complexity index is 527. The van der Waals surface area contributed by atoms with E-state index < -0.39 is 0 Å². The fourth-order valence-electron chi connectivity index (χ4n) is 1.91. The Morgan fingerprint density at radius 3 is 2.84 bits per heavy atom. The second-order valence-electron chi connectivity index (χ2n) is 4.56. The van der Waals surface area contributed by atoms with Gasteiger partial charge in [0.05, 0.1) is 23.4 Å². The Hall–Kier alpha value is -0.910. The van der Waals surface area contributed by atoms with Crippen LogP contribution in [0.15, 0.2) is 33.6 Å². The predicted octanol–water partition coefficient (Wildman–Crippen LogP) is 3.82. The Kier molecular flexibility index (Phi) is 4.96. The molecule has 0 saturated heterocycles. The van der Waals surface area contributed by atoms with Gasteiger partial charge in [0.1, 0.15) is 0 Å². The summed E-state index contributed by atoms with van der Waals surface area (Å²) in [5.41, 5.74) is 5.43. The number of aromatic nitrogens is 1. The molecule has 0 amide bonds. The van der Waals surface area contributed by atoms with Crippen LogP contribution in [-0.2, 0) is 6.54 Å². The molecule has 0 aliphatic carbocycles. The first kappa shape index (κ1) is 14.5. The maximum absolute atomic E-state index is 4.32. The predicted molar refractivity (Wildman–Crippen MR) is 85.8 cm³/mol. The summed E-state index contributed by atoms with van der Waals surface area (Å²) in [7, 11) is 4.06. The number of thiazole rings is 1. The maximum atomic E-state index is 4.32. The van der Waals surface area contributed by atoms with Crippen LogP contribution in [0, 0.1) is 0 Å². The Morgan fingerprint density at radius 2 is 2.26 bits per heavy atom. The number of benzene rings is 1. The number of halogens is 1. The lowest BCUT2D eigenvalue weighted by Gasteiger charge is -2.21. The van der Waals surface area contributed by atoms with Crippen LogP contribution in [0.25, 0.3) is 0 Å². The van der Waals surface area contributed by atoms with Crippen LogP contribution in [0.5, 0.6) is 0 Å². The number of hydrogen-bond donors (Lipinski definition) is 1. The number of hydrogen-bond acceptors (Lipinski definition) is 4. The zero-order chi connectivity index (χ0) is 13.8. The van der Waals surface area contributed by atoms with Gasteiger partial charge in [-0.1, -0.05) is 6.07 Å². The summed E-state index contributed by atoms with van der Waals surface area (Å²) in [5.74, 6) is 0. The SMILES string of the molecule is CNC(C)c1ccc(N(C)Cc2cscn2)c(Br)c1. The highest BCUT2D eigenvalue weighted by Gasteiger charge is 2.10. The van der Waals surface area contributed by atoms with Crippen molar-refractivity contribution in [2.24, 2.45) is 0 Å². The molecule has 0 aliphatic rings. The molecule has 1 aromatic heterocycles. The summed E-state index contributed by atoms with van der Waals surface area (Å²) in [6.45, 7) is 2.98. The summed E-state index contributed by atoms with van der Waals surface area (Å²) in [4.78, 5) is 6.52. The van der Waals surface area contributed by atoms with Gasteiger partial charge in [-0.15, -0.1) is 11.3 Å². The van der Waals surface area contributed by atoms with E-state index in [1.54, 1.807) is 11.3 Å². The molecular formula is C14H18BrN3S. The van der Waals surface area contributed by atoms with Gasteiger partial charge in [0.15, 0.2) is 0 Å². The molecule has 3 nitrogen and oxygen atoms in total. The molecule has 0 fully saturated rings. The second-order valence-corrected chi connectivity index (χ2v) is 6.13. The highest BCUT2D eigenvalue weighted by atomic mass is 79.9. The molecule has 0 saturated carbocycles. The lowest BCUT2D eigenvalue weighted by molar-refractivity contribution is 0.652. The van der Waals surface area contributed by atoms with Crippen molar-refractivity contribution in [3.63, 3.8) is 0 Å². The molecule has 0 radical (unpaired) electrons. The number of nitrogens with zero attached hydrogens (tertiary/aromatic N) is 2. The van der Waals surface area contributed by atoms with Crippen molar-refractivity contribution < 1.29 is 0 Å². The average Bonchev–Trinajstić information content (AvgIpc) is 2.90. The highest BCUT2D eigenvalue weighted by molar-refractivity contribution is 9.10. The van der Waals surface area contributed by atoms with Gasteiger partial charge in [-0.3, -0.25) is 0 Å². The third-order valence-corrected chi connectivity index (χ3v) is 4.47. The van der Waals surface area contributed by atoms with Crippen molar-refractivity contribution in [1.82, 2.24) is 10.3 Å². The molecule has 19 heavy (non-hydrogen) atoms. The fourth-order valence-corrected chi connectivity index (χ4v) is 3.16. The zero-order valence-corrected chi connectivity index (χ0v) is 13.8. The molecular weight excluding hydrogens is 322 g/mol. The molecule has 1 heterocycles. The van der Waals surface area contributed by atoms with Crippen LogP contribution >= 0.6 is 27.3 Å². The zero-order valence-electron chi connectivity index (χ0n) is 11.4. The molecule has 5 heteroatoms. The van der Waals surface area contributed by atoms with Crippen molar-refractivity contribution >= 4 is 33.0 Å². The van der Waals surface area contributed by atoms with Crippen molar-refractivity contribution in [3.05, 3.63) is 44.8 Å². The lowest BCUT2D eigenvalue weighted by atomic mass is 10.1. The van der Waals surface area contributed by atoms with Gasteiger partial charge in [-0.05, 0) is 47.6 Å². The molecule has 0 bridgehead atoms. The van der Waals surface area contributed by atoms with Gasteiger partial charge in [0.2, 0.25) is 0 Å². The minimum atomic E-state index is 0.356. The molecule has 1 aromatic carbocycles.